The zero-order valence-corrected chi connectivity index (χ0v) is 41.9. The number of carbonyl (C=O) groups excluding carboxylic acids is 5. The van der Waals surface area contributed by atoms with Crippen LogP contribution in [0, 0.1) is 11.8 Å². The van der Waals surface area contributed by atoms with E-state index in [-0.39, 0.29) is 82.3 Å². The maximum atomic E-state index is 13.0. The summed E-state index contributed by atoms with van der Waals surface area (Å²) in [6.07, 6.45) is 31.8. The minimum absolute atomic E-state index is 0.0154. The van der Waals surface area contributed by atoms with Crippen LogP contribution in [0.15, 0.2) is 0 Å². The summed E-state index contributed by atoms with van der Waals surface area (Å²) in [6.45, 7) is 8.55. The molecule has 65 heavy (non-hydrogen) atoms. The molecule has 0 aromatic heterocycles. The molecule has 1 aliphatic carbocycles. The van der Waals surface area contributed by atoms with Crippen molar-refractivity contribution in [3.8, 4) is 0 Å². The fourth-order valence-electron chi connectivity index (χ4n) is 8.11. The smallest absolute Gasteiger partial charge is 0.305 e. The van der Waals surface area contributed by atoms with E-state index in [1.807, 2.05) is 0 Å². The first-order valence-corrected chi connectivity index (χ1v) is 26.8. The SMILES string of the molecule is CCCCCCCCCCCCC(=O)OCC(COC(=O)CCCCCCN(CCO)C1CCC1)COC(=O)CCCC(COC(=O)CCCCCCC)COC(=O)CCCCCCC. The van der Waals surface area contributed by atoms with Crippen molar-refractivity contribution < 1.29 is 52.8 Å². The molecule has 1 rings (SSSR count). The highest BCUT2D eigenvalue weighted by molar-refractivity contribution is 5.71. The van der Waals surface area contributed by atoms with Gasteiger partial charge in [0, 0.05) is 50.6 Å². The molecule has 0 bridgehead atoms. The molecule has 1 N–H and O–H groups in total. The van der Waals surface area contributed by atoms with Gasteiger partial charge in [0.15, 0.2) is 0 Å². The average Bonchev–Trinajstić information content (AvgIpc) is 3.27. The lowest BCUT2D eigenvalue weighted by molar-refractivity contribution is -0.155. The summed E-state index contributed by atoms with van der Waals surface area (Å²) in [6, 6.07) is 0.603. The van der Waals surface area contributed by atoms with E-state index >= 15 is 0 Å². The third kappa shape index (κ3) is 37.0. The van der Waals surface area contributed by atoms with Gasteiger partial charge in [-0.25, -0.2) is 0 Å². The Morgan fingerprint density at radius 2 is 0.723 bits per heavy atom. The monoisotopic (exact) mass is 924 g/mol. The topological polar surface area (TPSA) is 155 Å². The van der Waals surface area contributed by atoms with Crippen LogP contribution in [0.1, 0.15) is 239 Å². The van der Waals surface area contributed by atoms with Crippen LogP contribution in [0.25, 0.3) is 0 Å². The molecule has 0 amide bonds. The average molecular weight is 924 g/mol. The van der Waals surface area contributed by atoms with Crippen LogP contribution in [0.4, 0.5) is 0 Å². The molecule has 1 fully saturated rings. The van der Waals surface area contributed by atoms with Crippen molar-refractivity contribution in [1.29, 1.82) is 0 Å². The zero-order chi connectivity index (χ0) is 47.4. The Kier molecular flexibility index (Phi) is 40.6. The molecule has 0 aromatic carbocycles. The number of nitrogens with zero attached hydrogens (tertiary/aromatic N) is 1. The predicted molar refractivity (Wildman–Crippen MR) is 258 cm³/mol. The number of hydrogen-bond acceptors (Lipinski definition) is 12. The van der Waals surface area contributed by atoms with Crippen LogP contribution in [0.3, 0.4) is 0 Å². The normalized spacial score (nSPS) is 13.1. The number of rotatable bonds is 47. The van der Waals surface area contributed by atoms with Crippen molar-refractivity contribution >= 4 is 29.8 Å². The Hall–Kier alpha value is -2.73. The number of aliphatic hydroxyl groups excluding tert-OH is 1. The van der Waals surface area contributed by atoms with Gasteiger partial charge < -0.3 is 28.8 Å². The lowest BCUT2D eigenvalue weighted by atomic mass is 9.91. The molecule has 12 heteroatoms. The van der Waals surface area contributed by atoms with Gasteiger partial charge in [-0.05, 0) is 64.3 Å². The summed E-state index contributed by atoms with van der Waals surface area (Å²) in [5, 5.41) is 9.42. The molecule has 1 aliphatic rings. The Bertz CT molecular complexity index is 1150. The number of hydrogen-bond donors (Lipinski definition) is 1. The highest BCUT2D eigenvalue weighted by atomic mass is 16.6. The van der Waals surface area contributed by atoms with Gasteiger partial charge in [-0.2, -0.15) is 0 Å². The summed E-state index contributed by atoms with van der Waals surface area (Å²) >= 11 is 0. The van der Waals surface area contributed by atoms with Crippen molar-refractivity contribution in [1.82, 2.24) is 4.90 Å². The Balaban J connectivity index is 2.62. The number of esters is 5. The van der Waals surface area contributed by atoms with Gasteiger partial charge in [0.2, 0.25) is 0 Å². The third-order valence-corrected chi connectivity index (χ3v) is 12.7. The van der Waals surface area contributed by atoms with Crippen LogP contribution in [0.2, 0.25) is 0 Å². The van der Waals surface area contributed by atoms with E-state index in [2.05, 4.69) is 25.7 Å². The van der Waals surface area contributed by atoms with Gasteiger partial charge >= 0.3 is 29.8 Å². The highest BCUT2D eigenvalue weighted by Crippen LogP contribution is 2.25. The standard InChI is InChI=1S/C53H97NO11/c1-4-7-10-13-14-15-16-17-20-25-35-51(58)63-43-47(44-64-52(59)36-26-21-22-27-38-54(39-40-55)48-31-29-32-48)45-65-53(60)37-28-30-46(41-61-49(56)33-23-18-11-8-5-2)42-62-50(57)34-24-19-12-9-6-3/h46-48,55H,4-45H2,1-3H3. The van der Waals surface area contributed by atoms with E-state index < -0.39 is 11.9 Å². The molecular weight excluding hydrogens is 827 g/mol. The van der Waals surface area contributed by atoms with Crippen molar-refractivity contribution in [2.45, 2.75) is 245 Å². The van der Waals surface area contributed by atoms with E-state index in [9.17, 15) is 29.1 Å². The zero-order valence-electron chi connectivity index (χ0n) is 41.9. The van der Waals surface area contributed by atoms with Crippen LogP contribution < -0.4 is 0 Å². The second-order valence-electron chi connectivity index (χ2n) is 18.8. The fraction of sp³-hybridized carbons (Fsp3) is 0.906. The number of carbonyl (C=O) groups is 5. The molecule has 0 aromatic rings. The third-order valence-electron chi connectivity index (χ3n) is 12.7. The highest BCUT2D eigenvalue weighted by Gasteiger charge is 2.24. The summed E-state index contributed by atoms with van der Waals surface area (Å²) in [7, 11) is 0. The van der Waals surface area contributed by atoms with Gasteiger partial charge in [0.1, 0.15) is 19.8 Å². The van der Waals surface area contributed by atoms with E-state index in [0.29, 0.717) is 44.6 Å². The first-order chi connectivity index (χ1) is 31.7. The first-order valence-electron chi connectivity index (χ1n) is 26.8. The van der Waals surface area contributed by atoms with Crippen molar-refractivity contribution in [2.24, 2.45) is 11.8 Å². The maximum absolute atomic E-state index is 13.0. The molecule has 0 aliphatic heterocycles. The molecular formula is C53H97NO11. The molecule has 0 saturated heterocycles. The molecule has 1 unspecified atom stereocenters. The van der Waals surface area contributed by atoms with Gasteiger partial charge in [-0.3, -0.25) is 28.9 Å². The summed E-state index contributed by atoms with van der Waals surface area (Å²) in [5.74, 6) is -2.32. The summed E-state index contributed by atoms with van der Waals surface area (Å²) in [5.41, 5.74) is 0. The molecule has 380 valence electrons. The van der Waals surface area contributed by atoms with Gasteiger partial charge in [0.25, 0.3) is 0 Å². The minimum Gasteiger partial charge on any atom is -0.465 e. The van der Waals surface area contributed by atoms with Crippen molar-refractivity contribution in [2.75, 3.05) is 52.7 Å². The fourth-order valence-corrected chi connectivity index (χ4v) is 8.11. The lowest BCUT2D eigenvalue weighted by Crippen LogP contribution is -2.42. The number of aliphatic hydroxyl groups is 1. The van der Waals surface area contributed by atoms with Crippen LogP contribution in [-0.2, 0) is 47.7 Å². The number of ether oxygens (including phenoxy) is 5. The van der Waals surface area contributed by atoms with Crippen LogP contribution in [-0.4, -0.2) is 98.6 Å². The molecule has 0 radical (unpaired) electrons. The molecule has 0 spiro atoms. The van der Waals surface area contributed by atoms with Crippen molar-refractivity contribution in [3.63, 3.8) is 0 Å². The van der Waals surface area contributed by atoms with E-state index in [4.69, 9.17) is 23.7 Å². The Morgan fingerprint density at radius 1 is 0.415 bits per heavy atom. The molecule has 1 saturated carbocycles. The van der Waals surface area contributed by atoms with Crippen LogP contribution >= 0.6 is 0 Å². The van der Waals surface area contributed by atoms with E-state index in [1.54, 1.807) is 0 Å². The Labute approximate surface area is 396 Å². The maximum Gasteiger partial charge on any atom is 0.305 e. The van der Waals surface area contributed by atoms with E-state index in [0.717, 1.165) is 116 Å². The van der Waals surface area contributed by atoms with Crippen molar-refractivity contribution in [3.05, 3.63) is 0 Å². The first kappa shape index (κ1) is 60.3. The second-order valence-corrected chi connectivity index (χ2v) is 18.8. The largest absolute Gasteiger partial charge is 0.465 e. The molecule has 1 atom stereocenters. The second kappa shape index (κ2) is 43.8. The summed E-state index contributed by atoms with van der Waals surface area (Å²) < 4.78 is 28.0. The minimum atomic E-state index is -0.501. The molecule has 0 heterocycles. The quantitative estimate of drug-likeness (QED) is 0.0351. The summed E-state index contributed by atoms with van der Waals surface area (Å²) in [4.78, 5) is 65.8. The van der Waals surface area contributed by atoms with Gasteiger partial charge in [0.05, 0.1) is 25.7 Å². The van der Waals surface area contributed by atoms with Gasteiger partial charge in [-0.15, -0.1) is 0 Å². The Morgan fingerprint density at radius 3 is 1.05 bits per heavy atom. The number of unbranched alkanes of at least 4 members (excludes halogenated alkanes) is 20. The molecule has 12 nitrogen and oxygen atoms in total. The van der Waals surface area contributed by atoms with Crippen LogP contribution in [0.5, 0.6) is 0 Å². The van der Waals surface area contributed by atoms with Gasteiger partial charge in [-0.1, -0.05) is 149 Å². The van der Waals surface area contributed by atoms with E-state index in [1.165, 1.54) is 64.2 Å². The predicted octanol–water partition coefficient (Wildman–Crippen LogP) is 11.9. The lowest BCUT2D eigenvalue weighted by Gasteiger charge is -2.37.